The highest BCUT2D eigenvalue weighted by atomic mass is 127. The molecule has 0 atom stereocenters. The van der Waals surface area contributed by atoms with Gasteiger partial charge in [-0.2, -0.15) is 0 Å². The fourth-order valence-corrected chi connectivity index (χ4v) is 4.96. The first-order chi connectivity index (χ1) is 14.6. The van der Waals surface area contributed by atoms with E-state index in [1.54, 1.807) is 11.0 Å². The van der Waals surface area contributed by atoms with Gasteiger partial charge in [0.25, 0.3) is 5.91 Å². The van der Waals surface area contributed by atoms with Crippen molar-refractivity contribution in [1.29, 1.82) is 0 Å². The van der Waals surface area contributed by atoms with Crippen LogP contribution in [-0.4, -0.2) is 60.3 Å². The number of aliphatic imine (C=N–C) groups is 1. The molecular weight excluding hydrogens is 581 g/mol. The molecule has 0 N–H and O–H groups in total. The fourth-order valence-electron chi connectivity index (χ4n) is 3.24. The van der Waals surface area contributed by atoms with E-state index < -0.39 is 0 Å². The van der Waals surface area contributed by atoms with Crippen molar-refractivity contribution in [2.24, 2.45) is 4.99 Å². The Morgan fingerprint density at radius 1 is 1.20 bits per heavy atom. The molecule has 0 saturated carbocycles. The number of benzene rings is 1. The standard InChI is InChI=1S/C21H21BrIN3O3S/c22-17-13-16(29-19(17)23)14-18-20(27)26(8-4-7-25-9-11-28-12-10-25)21(30-18)24-15-5-2-1-3-6-15/h1-3,5-6,13-14H,4,7-12H2/b18-14-,24-21?. The Kier molecular flexibility index (Phi) is 7.69. The summed E-state index contributed by atoms with van der Waals surface area (Å²) in [5.74, 6) is 0.621. The molecule has 0 aliphatic carbocycles. The molecule has 6 nitrogen and oxygen atoms in total. The molecule has 30 heavy (non-hydrogen) atoms. The molecule has 2 fully saturated rings. The number of morpholine rings is 1. The summed E-state index contributed by atoms with van der Waals surface area (Å²) in [6.07, 6.45) is 2.68. The van der Waals surface area contributed by atoms with Crippen LogP contribution in [0.15, 0.2) is 55.2 Å². The fraction of sp³-hybridized carbons (Fsp3) is 0.333. The topological polar surface area (TPSA) is 58.3 Å². The summed E-state index contributed by atoms with van der Waals surface area (Å²) in [4.78, 5) is 22.7. The normalized spacial score (nSPS) is 20.6. The summed E-state index contributed by atoms with van der Waals surface area (Å²) in [5.41, 5.74) is 0.836. The number of halogens is 2. The van der Waals surface area contributed by atoms with Crippen LogP contribution in [0.5, 0.6) is 0 Å². The molecule has 1 aromatic heterocycles. The Morgan fingerprint density at radius 2 is 1.97 bits per heavy atom. The number of para-hydroxylation sites is 1. The molecule has 9 heteroatoms. The third-order valence-electron chi connectivity index (χ3n) is 4.77. The van der Waals surface area contributed by atoms with E-state index in [0.29, 0.717) is 22.4 Å². The van der Waals surface area contributed by atoms with E-state index in [1.165, 1.54) is 11.8 Å². The smallest absolute Gasteiger partial charge is 0.266 e. The number of thioether (sulfide) groups is 1. The highest BCUT2D eigenvalue weighted by Gasteiger charge is 2.33. The van der Waals surface area contributed by atoms with Crippen LogP contribution >= 0.6 is 50.3 Å². The van der Waals surface area contributed by atoms with Gasteiger partial charge >= 0.3 is 0 Å². The molecule has 4 rings (SSSR count). The van der Waals surface area contributed by atoms with E-state index in [4.69, 9.17) is 14.1 Å². The third-order valence-corrected chi connectivity index (χ3v) is 7.90. The van der Waals surface area contributed by atoms with E-state index in [9.17, 15) is 4.79 Å². The number of nitrogens with zero attached hydrogens (tertiary/aromatic N) is 3. The first-order valence-electron chi connectivity index (χ1n) is 9.70. The molecule has 1 aromatic carbocycles. The van der Waals surface area contributed by atoms with E-state index in [-0.39, 0.29) is 5.91 Å². The van der Waals surface area contributed by atoms with E-state index in [2.05, 4.69) is 43.4 Å². The van der Waals surface area contributed by atoms with Crippen LogP contribution in [0.1, 0.15) is 12.2 Å². The minimum Gasteiger partial charge on any atom is -0.450 e. The Morgan fingerprint density at radius 3 is 2.67 bits per heavy atom. The molecular formula is C21H21BrIN3O3S. The molecule has 1 amide bonds. The van der Waals surface area contributed by atoms with Crippen LogP contribution in [0, 0.1) is 3.77 Å². The van der Waals surface area contributed by atoms with Crippen molar-refractivity contribution in [3.05, 3.63) is 55.3 Å². The van der Waals surface area contributed by atoms with Gasteiger partial charge in [-0.05, 0) is 52.3 Å². The average Bonchev–Trinajstić information content (AvgIpc) is 3.22. The zero-order chi connectivity index (χ0) is 20.9. The molecule has 2 aliphatic heterocycles. The van der Waals surface area contributed by atoms with Gasteiger partial charge in [-0.25, -0.2) is 4.99 Å². The van der Waals surface area contributed by atoms with Crippen molar-refractivity contribution in [3.63, 3.8) is 0 Å². The zero-order valence-electron chi connectivity index (χ0n) is 16.2. The number of carbonyl (C=O) groups excluding carboxylic acids is 1. The summed E-state index contributed by atoms with van der Waals surface area (Å²) in [6.45, 7) is 5.03. The maximum absolute atomic E-state index is 13.2. The Balaban J connectivity index is 1.52. The molecule has 0 unspecified atom stereocenters. The first-order valence-corrected chi connectivity index (χ1v) is 12.4. The number of amides is 1. The van der Waals surface area contributed by atoms with Gasteiger partial charge in [0.05, 0.1) is 28.3 Å². The second-order valence-electron chi connectivity index (χ2n) is 6.88. The van der Waals surface area contributed by atoms with Gasteiger partial charge < -0.3 is 9.15 Å². The van der Waals surface area contributed by atoms with E-state index in [1.807, 2.05) is 36.4 Å². The monoisotopic (exact) mass is 601 g/mol. The van der Waals surface area contributed by atoms with Crippen LogP contribution in [0.4, 0.5) is 5.69 Å². The predicted molar refractivity (Wildman–Crippen MR) is 132 cm³/mol. The number of hydrogen-bond donors (Lipinski definition) is 0. The van der Waals surface area contributed by atoms with Crippen molar-refractivity contribution >= 4 is 73.1 Å². The third kappa shape index (κ3) is 5.56. The molecule has 0 bridgehead atoms. The maximum Gasteiger partial charge on any atom is 0.266 e. The zero-order valence-corrected chi connectivity index (χ0v) is 20.8. The average molecular weight is 602 g/mol. The van der Waals surface area contributed by atoms with Crippen LogP contribution in [0.2, 0.25) is 0 Å². The lowest BCUT2D eigenvalue weighted by Crippen LogP contribution is -2.38. The van der Waals surface area contributed by atoms with Crippen molar-refractivity contribution < 1.29 is 13.9 Å². The van der Waals surface area contributed by atoms with Crippen LogP contribution in [0.25, 0.3) is 6.08 Å². The Labute approximate surface area is 202 Å². The second kappa shape index (κ2) is 10.4. The number of hydrogen-bond acceptors (Lipinski definition) is 6. The van der Waals surface area contributed by atoms with Gasteiger partial charge in [-0.15, -0.1) is 0 Å². The highest BCUT2D eigenvalue weighted by Crippen LogP contribution is 2.35. The van der Waals surface area contributed by atoms with Crippen molar-refractivity contribution in [1.82, 2.24) is 9.80 Å². The number of furan rings is 1. The number of rotatable bonds is 6. The van der Waals surface area contributed by atoms with Crippen LogP contribution in [0.3, 0.4) is 0 Å². The summed E-state index contributed by atoms with van der Waals surface area (Å²) in [6, 6.07) is 11.6. The Bertz CT molecular complexity index is 938. The van der Waals surface area contributed by atoms with Gasteiger partial charge in [-0.3, -0.25) is 14.6 Å². The largest absolute Gasteiger partial charge is 0.450 e. The summed E-state index contributed by atoms with van der Waals surface area (Å²) >= 11 is 6.96. The lowest BCUT2D eigenvalue weighted by atomic mass is 10.3. The molecule has 0 spiro atoms. The second-order valence-corrected chi connectivity index (χ2v) is 9.72. The minimum absolute atomic E-state index is 0.0285. The van der Waals surface area contributed by atoms with Crippen LogP contribution in [-0.2, 0) is 9.53 Å². The number of ether oxygens (including phenoxy) is 1. The summed E-state index contributed by atoms with van der Waals surface area (Å²) in [7, 11) is 0. The van der Waals surface area contributed by atoms with Gasteiger partial charge in [0.1, 0.15) is 5.76 Å². The van der Waals surface area contributed by atoms with Crippen molar-refractivity contribution in [3.8, 4) is 0 Å². The Hall–Kier alpha value is -1.14. The van der Waals surface area contributed by atoms with Gasteiger partial charge in [0.15, 0.2) is 8.93 Å². The van der Waals surface area contributed by atoms with Gasteiger partial charge in [0.2, 0.25) is 0 Å². The summed E-state index contributed by atoms with van der Waals surface area (Å²) < 4.78 is 12.7. The van der Waals surface area contributed by atoms with Gasteiger partial charge in [-0.1, -0.05) is 18.2 Å². The first kappa shape index (κ1) is 22.1. The van der Waals surface area contributed by atoms with Gasteiger partial charge in [0, 0.05) is 54.8 Å². The molecule has 2 aromatic rings. The minimum atomic E-state index is -0.0285. The molecule has 2 aliphatic rings. The highest BCUT2D eigenvalue weighted by molar-refractivity contribution is 14.1. The molecule has 0 radical (unpaired) electrons. The molecule has 158 valence electrons. The van der Waals surface area contributed by atoms with Crippen molar-refractivity contribution in [2.45, 2.75) is 6.42 Å². The molecule has 3 heterocycles. The predicted octanol–water partition coefficient (Wildman–Crippen LogP) is 4.97. The van der Waals surface area contributed by atoms with E-state index in [0.717, 1.165) is 53.2 Å². The SMILES string of the molecule is O=C1/C(=C/c2cc(Br)c(I)o2)SC(=Nc2ccccc2)N1CCCN1CCOCC1. The quantitative estimate of drug-likeness (QED) is 0.346. The lowest BCUT2D eigenvalue weighted by Gasteiger charge is -2.27. The van der Waals surface area contributed by atoms with Crippen LogP contribution < -0.4 is 0 Å². The number of amidine groups is 1. The summed E-state index contributed by atoms with van der Waals surface area (Å²) in [5, 5.41) is 0.708. The lowest BCUT2D eigenvalue weighted by molar-refractivity contribution is -0.122. The van der Waals surface area contributed by atoms with Crippen molar-refractivity contribution in [2.75, 3.05) is 39.4 Å². The van der Waals surface area contributed by atoms with E-state index >= 15 is 0 Å². The molecule has 2 saturated heterocycles. The number of carbonyl (C=O) groups is 1. The maximum atomic E-state index is 13.2.